The number of aromatic nitrogens is 1. The molecule has 1 saturated heterocycles. The van der Waals surface area contributed by atoms with Crippen LogP contribution in [0, 0.1) is 0 Å². The number of ether oxygens (including phenoxy) is 1. The molecule has 0 unspecified atom stereocenters. The number of anilines is 1. The first kappa shape index (κ1) is 10.0. The van der Waals surface area contributed by atoms with E-state index < -0.39 is 5.97 Å². The molecule has 5 heteroatoms. The largest absolute Gasteiger partial charge is 0.461 e. The van der Waals surface area contributed by atoms with Crippen molar-refractivity contribution in [1.82, 2.24) is 4.98 Å². The van der Waals surface area contributed by atoms with Gasteiger partial charge in [0.25, 0.3) is 6.01 Å². The summed E-state index contributed by atoms with van der Waals surface area (Å²) >= 11 is 0. The summed E-state index contributed by atoms with van der Waals surface area (Å²) in [6.45, 7) is 4.01. The molecule has 0 bridgehead atoms. The van der Waals surface area contributed by atoms with Crippen molar-refractivity contribution in [2.75, 3.05) is 24.6 Å². The standard InChI is InChI=1S/C10H14N2O3/c1-2-14-9(13)8-7-15-10(11-8)12-5-3-4-6-12/h7H,2-6H2,1H3. The van der Waals surface area contributed by atoms with Gasteiger partial charge in [0, 0.05) is 13.1 Å². The Bertz CT molecular complexity index is 342. The van der Waals surface area contributed by atoms with Crippen LogP contribution in [0.3, 0.4) is 0 Å². The molecule has 1 aliphatic heterocycles. The zero-order chi connectivity index (χ0) is 10.7. The van der Waals surface area contributed by atoms with Crippen molar-refractivity contribution in [3.8, 4) is 0 Å². The molecule has 2 rings (SSSR count). The Labute approximate surface area is 88.0 Å². The van der Waals surface area contributed by atoms with E-state index in [0.29, 0.717) is 12.6 Å². The molecular formula is C10H14N2O3. The van der Waals surface area contributed by atoms with E-state index in [1.54, 1.807) is 6.92 Å². The summed E-state index contributed by atoms with van der Waals surface area (Å²) in [6.07, 6.45) is 3.65. The number of esters is 1. The van der Waals surface area contributed by atoms with Crippen molar-refractivity contribution < 1.29 is 13.9 Å². The third kappa shape index (κ3) is 2.11. The molecular weight excluding hydrogens is 196 g/mol. The summed E-state index contributed by atoms with van der Waals surface area (Å²) in [7, 11) is 0. The highest BCUT2D eigenvalue weighted by Gasteiger charge is 2.20. The second kappa shape index (κ2) is 4.33. The highest BCUT2D eigenvalue weighted by molar-refractivity contribution is 5.87. The number of carbonyl (C=O) groups excluding carboxylic acids is 1. The monoisotopic (exact) mass is 210 g/mol. The van der Waals surface area contributed by atoms with Gasteiger partial charge < -0.3 is 14.1 Å². The van der Waals surface area contributed by atoms with Gasteiger partial charge in [-0.3, -0.25) is 0 Å². The molecule has 5 nitrogen and oxygen atoms in total. The zero-order valence-electron chi connectivity index (χ0n) is 8.73. The highest BCUT2D eigenvalue weighted by atomic mass is 16.5. The minimum atomic E-state index is -0.424. The lowest BCUT2D eigenvalue weighted by molar-refractivity contribution is 0.0519. The summed E-state index contributed by atoms with van der Waals surface area (Å²) in [5.74, 6) is -0.424. The number of nitrogens with zero attached hydrogens (tertiary/aromatic N) is 2. The Balaban J connectivity index is 2.06. The van der Waals surface area contributed by atoms with Gasteiger partial charge in [-0.05, 0) is 19.8 Å². The molecule has 0 aliphatic carbocycles. The van der Waals surface area contributed by atoms with Gasteiger partial charge in [-0.2, -0.15) is 4.98 Å². The Morgan fingerprint density at radius 3 is 3.00 bits per heavy atom. The summed E-state index contributed by atoms with van der Waals surface area (Å²) in [5, 5.41) is 0. The van der Waals surface area contributed by atoms with Gasteiger partial charge >= 0.3 is 5.97 Å². The maximum absolute atomic E-state index is 11.3. The average Bonchev–Trinajstić information content (AvgIpc) is 2.89. The lowest BCUT2D eigenvalue weighted by atomic mass is 10.4. The van der Waals surface area contributed by atoms with Crippen LogP contribution in [0.2, 0.25) is 0 Å². The smallest absolute Gasteiger partial charge is 0.360 e. The molecule has 1 aliphatic rings. The summed E-state index contributed by atoms with van der Waals surface area (Å²) in [4.78, 5) is 17.4. The SMILES string of the molecule is CCOC(=O)c1coc(N2CCCC2)n1. The Hall–Kier alpha value is -1.52. The molecule has 1 fully saturated rings. The number of carbonyl (C=O) groups is 1. The van der Waals surface area contributed by atoms with E-state index in [9.17, 15) is 4.79 Å². The highest BCUT2D eigenvalue weighted by Crippen LogP contribution is 2.19. The molecule has 1 aromatic rings. The summed E-state index contributed by atoms with van der Waals surface area (Å²) < 4.78 is 10.1. The summed E-state index contributed by atoms with van der Waals surface area (Å²) in [5.41, 5.74) is 0.249. The zero-order valence-corrected chi connectivity index (χ0v) is 8.73. The van der Waals surface area contributed by atoms with Crippen molar-refractivity contribution in [3.63, 3.8) is 0 Å². The van der Waals surface area contributed by atoms with E-state index in [4.69, 9.17) is 9.15 Å². The fourth-order valence-corrected chi connectivity index (χ4v) is 1.62. The van der Waals surface area contributed by atoms with Crippen LogP contribution in [-0.4, -0.2) is 30.6 Å². The maximum atomic E-state index is 11.3. The normalized spacial score (nSPS) is 15.7. The van der Waals surface area contributed by atoms with E-state index in [-0.39, 0.29) is 5.69 Å². The van der Waals surface area contributed by atoms with Gasteiger partial charge in [0.15, 0.2) is 5.69 Å². The average molecular weight is 210 g/mol. The van der Waals surface area contributed by atoms with Gasteiger partial charge in [-0.15, -0.1) is 0 Å². The van der Waals surface area contributed by atoms with Crippen LogP contribution < -0.4 is 4.90 Å². The second-order valence-electron chi connectivity index (χ2n) is 3.43. The number of oxazole rings is 1. The first-order valence-corrected chi connectivity index (χ1v) is 5.19. The molecule has 0 N–H and O–H groups in total. The first-order chi connectivity index (χ1) is 7.31. The molecule has 15 heavy (non-hydrogen) atoms. The Kier molecular flexibility index (Phi) is 2.89. The van der Waals surface area contributed by atoms with E-state index in [1.807, 2.05) is 4.90 Å². The first-order valence-electron chi connectivity index (χ1n) is 5.19. The molecule has 0 radical (unpaired) electrons. The third-order valence-corrected chi connectivity index (χ3v) is 2.35. The van der Waals surface area contributed by atoms with Crippen molar-refractivity contribution in [3.05, 3.63) is 12.0 Å². The minimum Gasteiger partial charge on any atom is -0.461 e. The molecule has 0 spiro atoms. The Morgan fingerprint density at radius 2 is 2.33 bits per heavy atom. The van der Waals surface area contributed by atoms with Gasteiger partial charge in [0.05, 0.1) is 6.61 Å². The lowest BCUT2D eigenvalue weighted by Gasteiger charge is -2.10. The maximum Gasteiger partial charge on any atom is 0.360 e. The fraction of sp³-hybridized carbons (Fsp3) is 0.600. The van der Waals surface area contributed by atoms with Gasteiger partial charge in [-0.25, -0.2) is 4.79 Å². The molecule has 2 heterocycles. The van der Waals surface area contributed by atoms with Crippen molar-refractivity contribution >= 4 is 12.0 Å². The van der Waals surface area contributed by atoms with Gasteiger partial charge in [-0.1, -0.05) is 0 Å². The van der Waals surface area contributed by atoms with Crippen LogP contribution in [0.15, 0.2) is 10.7 Å². The van der Waals surface area contributed by atoms with E-state index in [2.05, 4.69) is 4.98 Å². The van der Waals surface area contributed by atoms with Crippen LogP contribution in [0.5, 0.6) is 0 Å². The quantitative estimate of drug-likeness (QED) is 0.707. The summed E-state index contributed by atoms with van der Waals surface area (Å²) in [6, 6.07) is 0.524. The number of rotatable bonds is 3. The third-order valence-electron chi connectivity index (χ3n) is 2.35. The van der Waals surface area contributed by atoms with Crippen molar-refractivity contribution in [2.24, 2.45) is 0 Å². The van der Waals surface area contributed by atoms with Crippen molar-refractivity contribution in [2.45, 2.75) is 19.8 Å². The van der Waals surface area contributed by atoms with Gasteiger partial charge in [0.1, 0.15) is 6.26 Å². The van der Waals surface area contributed by atoms with E-state index in [0.717, 1.165) is 25.9 Å². The molecule has 0 amide bonds. The van der Waals surface area contributed by atoms with Crippen LogP contribution in [0.1, 0.15) is 30.3 Å². The van der Waals surface area contributed by atoms with Crippen LogP contribution in [-0.2, 0) is 4.74 Å². The van der Waals surface area contributed by atoms with Crippen molar-refractivity contribution in [1.29, 1.82) is 0 Å². The number of hydrogen-bond donors (Lipinski definition) is 0. The van der Waals surface area contributed by atoms with Crippen LogP contribution in [0.25, 0.3) is 0 Å². The lowest BCUT2D eigenvalue weighted by Crippen LogP contribution is -2.18. The molecule has 0 aromatic carbocycles. The van der Waals surface area contributed by atoms with Gasteiger partial charge in [0.2, 0.25) is 0 Å². The fourth-order valence-electron chi connectivity index (χ4n) is 1.62. The Morgan fingerprint density at radius 1 is 1.60 bits per heavy atom. The van der Waals surface area contributed by atoms with E-state index >= 15 is 0 Å². The topological polar surface area (TPSA) is 55.6 Å². The predicted octanol–water partition coefficient (Wildman–Crippen LogP) is 1.45. The molecule has 0 saturated carbocycles. The molecule has 0 atom stereocenters. The van der Waals surface area contributed by atoms with Crippen LogP contribution >= 0.6 is 0 Å². The number of hydrogen-bond acceptors (Lipinski definition) is 5. The van der Waals surface area contributed by atoms with Crippen LogP contribution in [0.4, 0.5) is 6.01 Å². The second-order valence-corrected chi connectivity index (χ2v) is 3.43. The molecule has 1 aromatic heterocycles. The predicted molar refractivity (Wildman–Crippen MR) is 53.9 cm³/mol. The van der Waals surface area contributed by atoms with E-state index in [1.165, 1.54) is 6.26 Å². The molecule has 82 valence electrons. The minimum absolute atomic E-state index is 0.249.